The molecule has 5 rings (SSSR count). The molecule has 116 valence electrons. The number of H-pyrrole nitrogens is 1. The molecule has 2 N–H and O–H groups in total. The molecule has 0 saturated heterocycles. The molecule has 2 aliphatic rings. The molecule has 2 fully saturated rings. The normalized spacial score (nSPS) is 26.0. The Morgan fingerprint density at radius 3 is 2.96 bits per heavy atom. The van der Waals surface area contributed by atoms with Crippen LogP contribution in [-0.4, -0.2) is 26.0 Å². The highest BCUT2D eigenvalue weighted by Gasteiger charge is 2.39. The van der Waals surface area contributed by atoms with Gasteiger partial charge in [-0.3, -0.25) is 0 Å². The van der Waals surface area contributed by atoms with Gasteiger partial charge in [-0.05, 0) is 49.3 Å². The first-order valence-corrected chi connectivity index (χ1v) is 8.39. The number of fused-ring (bicyclic) bond motifs is 3. The standard InChI is InChI=1S/C18H19N5/c1-2-13-14(10-21-17(13)19-6-1)15-5-7-20-18(22-15)23-16-9-11-3-4-12(16)8-11/h1-2,5-7,10-12,16H,3-4,8-9H2,(H,19,21)(H,20,22,23)/t11?,12?,16-/m0/s1. The fourth-order valence-corrected chi connectivity index (χ4v) is 4.33. The first-order chi connectivity index (χ1) is 11.4. The second-order valence-electron chi connectivity index (χ2n) is 6.79. The van der Waals surface area contributed by atoms with Gasteiger partial charge in [-0.1, -0.05) is 6.42 Å². The maximum Gasteiger partial charge on any atom is 0.223 e. The zero-order valence-electron chi connectivity index (χ0n) is 12.9. The summed E-state index contributed by atoms with van der Waals surface area (Å²) in [7, 11) is 0. The summed E-state index contributed by atoms with van der Waals surface area (Å²) < 4.78 is 0. The van der Waals surface area contributed by atoms with Crippen LogP contribution in [0.1, 0.15) is 25.7 Å². The number of hydrogen-bond acceptors (Lipinski definition) is 4. The number of rotatable bonds is 3. The lowest BCUT2D eigenvalue weighted by atomic mass is 9.95. The van der Waals surface area contributed by atoms with Gasteiger partial charge in [-0.2, -0.15) is 0 Å². The topological polar surface area (TPSA) is 66.5 Å². The molecule has 23 heavy (non-hydrogen) atoms. The van der Waals surface area contributed by atoms with E-state index in [-0.39, 0.29) is 0 Å². The number of nitrogens with one attached hydrogen (secondary N) is 2. The number of nitrogens with zero attached hydrogens (tertiary/aromatic N) is 3. The van der Waals surface area contributed by atoms with E-state index < -0.39 is 0 Å². The third-order valence-corrected chi connectivity index (χ3v) is 5.44. The van der Waals surface area contributed by atoms with Crippen LogP contribution in [0.3, 0.4) is 0 Å². The largest absolute Gasteiger partial charge is 0.351 e. The van der Waals surface area contributed by atoms with E-state index in [2.05, 4.69) is 26.3 Å². The smallest absolute Gasteiger partial charge is 0.223 e. The molecule has 3 aromatic rings. The number of aromatic amines is 1. The molecule has 2 unspecified atom stereocenters. The van der Waals surface area contributed by atoms with Crippen molar-refractivity contribution in [2.75, 3.05) is 5.32 Å². The van der Waals surface area contributed by atoms with Gasteiger partial charge in [0.15, 0.2) is 0 Å². The number of anilines is 1. The lowest BCUT2D eigenvalue weighted by molar-refractivity contribution is 0.438. The Morgan fingerprint density at radius 1 is 1.09 bits per heavy atom. The van der Waals surface area contributed by atoms with Crippen molar-refractivity contribution in [3.63, 3.8) is 0 Å². The highest BCUT2D eigenvalue weighted by atomic mass is 15.1. The second kappa shape index (κ2) is 5.05. The van der Waals surface area contributed by atoms with Crippen molar-refractivity contribution in [3.05, 3.63) is 36.8 Å². The van der Waals surface area contributed by atoms with Gasteiger partial charge in [-0.25, -0.2) is 15.0 Å². The van der Waals surface area contributed by atoms with E-state index in [0.717, 1.165) is 40.1 Å². The summed E-state index contributed by atoms with van der Waals surface area (Å²) in [6.07, 6.45) is 11.0. The molecule has 3 atom stereocenters. The van der Waals surface area contributed by atoms with Crippen LogP contribution in [0.15, 0.2) is 36.8 Å². The van der Waals surface area contributed by atoms with E-state index in [4.69, 9.17) is 4.98 Å². The summed E-state index contributed by atoms with van der Waals surface area (Å²) >= 11 is 0. The van der Waals surface area contributed by atoms with Gasteiger partial charge in [0.25, 0.3) is 0 Å². The zero-order valence-corrected chi connectivity index (χ0v) is 12.9. The minimum atomic E-state index is 0.550. The van der Waals surface area contributed by atoms with Crippen LogP contribution < -0.4 is 5.32 Å². The second-order valence-corrected chi connectivity index (χ2v) is 6.79. The minimum Gasteiger partial charge on any atom is -0.351 e. The van der Waals surface area contributed by atoms with E-state index >= 15 is 0 Å². The van der Waals surface area contributed by atoms with Crippen molar-refractivity contribution in [2.24, 2.45) is 11.8 Å². The van der Waals surface area contributed by atoms with Crippen LogP contribution in [0, 0.1) is 11.8 Å². The molecule has 0 aliphatic heterocycles. The van der Waals surface area contributed by atoms with E-state index in [9.17, 15) is 0 Å². The molecule has 2 aliphatic carbocycles. The van der Waals surface area contributed by atoms with Gasteiger partial charge in [-0.15, -0.1) is 0 Å². The van der Waals surface area contributed by atoms with Gasteiger partial charge in [0.2, 0.25) is 5.95 Å². The Hall–Kier alpha value is -2.43. The third kappa shape index (κ3) is 2.19. The summed E-state index contributed by atoms with van der Waals surface area (Å²) in [6, 6.07) is 6.53. The van der Waals surface area contributed by atoms with Gasteiger partial charge in [0.1, 0.15) is 5.65 Å². The van der Waals surface area contributed by atoms with Gasteiger partial charge in [0, 0.05) is 35.6 Å². The molecule has 3 heterocycles. The summed E-state index contributed by atoms with van der Waals surface area (Å²) in [4.78, 5) is 16.7. The molecule has 0 amide bonds. The molecule has 2 saturated carbocycles. The van der Waals surface area contributed by atoms with E-state index in [1.54, 1.807) is 6.20 Å². The highest BCUT2D eigenvalue weighted by molar-refractivity contribution is 5.92. The SMILES string of the molecule is c1cnc2[nH]cc(-c3ccnc(N[C@H]4CC5CCC4C5)n3)c2c1. The van der Waals surface area contributed by atoms with Gasteiger partial charge >= 0.3 is 0 Å². The number of hydrogen-bond donors (Lipinski definition) is 2. The van der Waals surface area contributed by atoms with Crippen LogP contribution >= 0.6 is 0 Å². The van der Waals surface area contributed by atoms with Crippen LogP contribution in [0.2, 0.25) is 0 Å². The lowest BCUT2D eigenvalue weighted by Crippen LogP contribution is -2.26. The van der Waals surface area contributed by atoms with Crippen LogP contribution in [0.4, 0.5) is 5.95 Å². The maximum absolute atomic E-state index is 4.74. The summed E-state index contributed by atoms with van der Waals surface area (Å²) in [5.41, 5.74) is 2.90. The lowest BCUT2D eigenvalue weighted by Gasteiger charge is -2.22. The van der Waals surface area contributed by atoms with Crippen LogP contribution in [0.5, 0.6) is 0 Å². The molecule has 0 spiro atoms. The highest BCUT2D eigenvalue weighted by Crippen LogP contribution is 2.45. The molecule has 5 nitrogen and oxygen atoms in total. The average molecular weight is 305 g/mol. The zero-order chi connectivity index (χ0) is 15.2. The van der Waals surface area contributed by atoms with Crippen molar-refractivity contribution in [3.8, 4) is 11.3 Å². The summed E-state index contributed by atoms with van der Waals surface area (Å²) in [5, 5.41) is 4.67. The maximum atomic E-state index is 4.74. The first kappa shape index (κ1) is 13.0. The van der Waals surface area contributed by atoms with Gasteiger partial charge in [0.05, 0.1) is 5.69 Å². The Kier molecular flexibility index (Phi) is 2.86. The molecule has 3 aromatic heterocycles. The van der Waals surface area contributed by atoms with E-state index in [0.29, 0.717) is 6.04 Å². The monoisotopic (exact) mass is 305 g/mol. The van der Waals surface area contributed by atoms with Gasteiger partial charge < -0.3 is 10.3 Å². The first-order valence-electron chi connectivity index (χ1n) is 8.39. The molecular weight excluding hydrogens is 286 g/mol. The number of aromatic nitrogens is 4. The van der Waals surface area contributed by atoms with Crippen molar-refractivity contribution in [2.45, 2.75) is 31.7 Å². The molecular formula is C18H19N5. The van der Waals surface area contributed by atoms with Crippen molar-refractivity contribution in [1.29, 1.82) is 0 Å². The third-order valence-electron chi connectivity index (χ3n) is 5.44. The van der Waals surface area contributed by atoms with Crippen molar-refractivity contribution < 1.29 is 0 Å². The van der Waals surface area contributed by atoms with Crippen LogP contribution in [-0.2, 0) is 0 Å². The van der Waals surface area contributed by atoms with Crippen molar-refractivity contribution in [1.82, 2.24) is 19.9 Å². The fraction of sp³-hybridized carbons (Fsp3) is 0.389. The minimum absolute atomic E-state index is 0.550. The quantitative estimate of drug-likeness (QED) is 0.775. The predicted octanol–water partition coefficient (Wildman–Crippen LogP) is 3.62. The Morgan fingerprint density at radius 2 is 2.09 bits per heavy atom. The van der Waals surface area contributed by atoms with E-state index in [1.165, 1.54) is 25.7 Å². The number of pyridine rings is 1. The summed E-state index contributed by atoms with van der Waals surface area (Å²) in [5.74, 6) is 2.48. The molecule has 5 heteroatoms. The molecule has 2 bridgehead atoms. The predicted molar refractivity (Wildman–Crippen MR) is 90.0 cm³/mol. The Balaban J connectivity index is 1.46. The Bertz CT molecular complexity index is 855. The Labute approximate surface area is 134 Å². The van der Waals surface area contributed by atoms with E-state index in [1.807, 2.05) is 24.5 Å². The average Bonchev–Trinajstić information content (AvgIpc) is 3.30. The molecule has 0 radical (unpaired) electrons. The summed E-state index contributed by atoms with van der Waals surface area (Å²) in [6.45, 7) is 0. The van der Waals surface area contributed by atoms with Crippen LogP contribution in [0.25, 0.3) is 22.3 Å². The van der Waals surface area contributed by atoms with Crippen molar-refractivity contribution >= 4 is 17.0 Å². The molecule has 0 aromatic carbocycles. The fourth-order valence-electron chi connectivity index (χ4n) is 4.33.